The summed E-state index contributed by atoms with van der Waals surface area (Å²) in [6.07, 6.45) is 0. The first-order valence-corrected chi connectivity index (χ1v) is 7.51. The van der Waals surface area contributed by atoms with Crippen molar-refractivity contribution in [2.75, 3.05) is 17.7 Å². The summed E-state index contributed by atoms with van der Waals surface area (Å²) in [7, 11) is 0. The van der Waals surface area contributed by atoms with Crippen LogP contribution in [-0.2, 0) is 0 Å². The van der Waals surface area contributed by atoms with Crippen molar-refractivity contribution in [3.05, 3.63) is 52.0 Å². The molecule has 0 saturated heterocycles. The van der Waals surface area contributed by atoms with Crippen LogP contribution in [0, 0.1) is 0 Å². The highest BCUT2D eigenvalue weighted by molar-refractivity contribution is 6.35. The maximum absolute atomic E-state index is 6.23. The minimum absolute atomic E-state index is 0.00561. The molecule has 2 aromatic rings. The minimum Gasteiger partial charge on any atom is -0.492 e. The van der Waals surface area contributed by atoms with Crippen molar-refractivity contribution in [2.24, 2.45) is 0 Å². The van der Waals surface area contributed by atoms with E-state index >= 15 is 0 Å². The van der Waals surface area contributed by atoms with E-state index in [1.807, 2.05) is 44.2 Å². The zero-order valence-electron chi connectivity index (χ0n) is 12.0. The van der Waals surface area contributed by atoms with Crippen LogP contribution >= 0.6 is 23.2 Å². The van der Waals surface area contributed by atoms with Gasteiger partial charge in [0.2, 0.25) is 0 Å². The highest BCUT2D eigenvalue weighted by Crippen LogP contribution is 2.34. The Morgan fingerprint density at radius 2 is 2.00 bits per heavy atom. The van der Waals surface area contributed by atoms with Gasteiger partial charge in [-0.15, -0.1) is 0 Å². The molecular formula is C16H18Cl2N2O. The topological polar surface area (TPSA) is 47.3 Å². The molecule has 0 radical (unpaired) electrons. The third kappa shape index (κ3) is 3.74. The van der Waals surface area contributed by atoms with Gasteiger partial charge in [0.25, 0.3) is 0 Å². The third-order valence-electron chi connectivity index (χ3n) is 3.17. The quantitative estimate of drug-likeness (QED) is 0.748. The van der Waals surface area contributed by atoms with E-state index in [9.17, 15) is 0 Å². The number of benzene rings is 2. The van der Waals surface area contributed by atoms with Crippen LogP contribution in [-0.4, -0.2) is 6.61 Å². The van der Waals surface area contributed by atoms with Crippen LogP contribution in [0.3, 0.4) is 0 Å². The second kappa shape index (κ2) is 6.92. The zero-order chi connectivity index (χ0) is 15.4. The predicted molar refractivity (Wildman–Crippen MR) is 90.5 cm³/mol. The number of nitrogens with two attached hydrogens (primary N) is 1. The number of halogens is 2. The number of rotatable bonds is 5. The van der Waals surface area contributed by atoms with E-state index in [-0.39, 0.29) is 6.04 Å². The molecule has 0 aliphatic carbocycles. The van der Waals surface area contributed by atoms with E-state index in [2.05, 4.69) is 5.32 Å². The normalized spacial score (nSPS) is 12.0. The Balaban J connectivity index is 2.23. The average Bonchev–Trinajstić information content (AvgIpc) is 2.43. The molecule has 0 aliphatic rings. The Labute approximate surface area is 135 Å². The molecule has 112 valence electrons. The molecule has 2 aromatic carbocycles. The summed E-state index contributed by atoms with van der Waals surface area (Å²) in [5, 5.41) is 4.60. The summed E-state index contributed by atoms with van der Waals surface area (Å²) >= 11 is 12.2. The molecule has 5 heteroatoms. The summed E-state index contributed by atoms with van der Waals surface area (Å²) in [5.41, 5.74) is 8.49. The first-order valence-electron chi connectivity index (χ1n) is 6.75. The zero-order valence-corrected chi connectivity index (χ0v) is 13.5. The monoisotopic (exact) mass is 324 g/mol. The smallest absolute Gasteiger partial charge is 0.144 e. The molecule has 21 heavy (non-hydrogen) atoms. The van der Waals surface area contributed by atoms with E-state index < -0.39 is 0 Å². The fraction of sp³-hybridized carbons (Fsp3) is 0.250. The van der Waals surface area contributed by atoms with Crippen molar-refractivity contribution in [2.45, 2.75) is 19.9 Å². The highest BCUT2D eigenvalue weighted by Gasteiger charge is 2.13. The van der Waals surface area contributed by atoms with Gasteiger partial charge in [-0.2, -0.15) is 0 Å². The number of para-hydroxylation sites is 1. The highest BCUT2D eigenvalue weighted by atomic mass is 35.5. The second-order valence-electron chi connectivity index (χ2n) is 4.68. The molecule has 0 heterocycles. The molecule has 0 bridgehead atoms. The molecule has 0 spiro atoms. The molecule has 3 nitrogen and oxygen atoms in total. The van der Waals surface area contributed by atoms with Gasteiger partial charge in [0.05, 0.1) is 24.0 Å². The van der Waals surface area contributed by atoms with Crippen LogP contribution in [0.4, 0.5) is 11.4 Å². The fourth-order valence-corrected chi connectivity index (χ4v) is 2.69. The number of nitrogens with one attached hydrogen (secondary N) is 1. The van der Waals surface area contributed by atoms with Crippen LogP contribution in [0.5, 0.6) is 5.75 Å². The maximum Gasteiger partial charge on any atom is 0.144 e. The first-order chi connectivity index (χ1) is 10.0. The molecular weight excluding hydrogens is 307 g/mol. The number of anilines is 2. The Bertz CT molecular complexity index is 632. The lowest BCUT2D eigenvalue weighted by Gasteiger charge is -2.19. The number of ether oxygens (including phenoxy) is 1. The second-order valence-corrected chi connectivity index (χ2v) is 5.53. The molecule has 3 N–H and O–H groups in total. The lowest BCUT2D eigenvalue weighted by atomic mass is 10.1. The Kier molecular flexibility index (Phi) is 5.21. The molecule has 2 rings (SSSR count). The Hall–Kier alpha value is -1.58. The van der Waals surface area contributed by atoms with Gasteiger partial charge in [0, 0.05) is 10.0 Å². The van der Waals surface area contributed by atoms with Crippen molar-refractivity contribution >= 4 is 34.6 Å². The van der Waals surface area contributed by atoms with E-state index in [1.165, 1.54) is 0 Å². The van der Waals surface area contributed by atoms with Gasteiger partial charge in [-0.1, -0.05) is 35.3 Å². The van der Waals surface area contributed by atoms with Gasteiger partial charge in [-0.05, 0) is 43.7 Å². The van der Waals surface area contributed by atoms with Gasteiger partial charge in [0.1, 0.15) is 5.75 Å². The Morgan fingerprint density at radius 1 is 1.24 bits per heavy atom. The fourth-order valence-electron chi connectivity index (χ4n) is 2.11. The lowest BCUT2D eigenvalue weighted by molar-refractivity contribution is 0.342. The van der Waals surface area contributed by atoms with Crippen molar-refractivity contribution in [3.63, 3.8) is 0 Å². The van der Waals surface area contributed by atoms with E-state index in [1.54, 1.807) is 6.07 Å². The summed E-state index contributed by atoms with van der Waals surface area (Å²) in [6.45, 7) is 4.52. The molecule has 0 aliphatic heterocycles. The molecule has 0 fully saturated rings. The number of hydrogen-bond donors (Lipinski definition) is 2. The largest absolute Gasteiger partial charge is 0.492 e. The van der Waals surface area contributed by atoms with Crippen molar-refractivity contribution < 1.29 is 4.74 Å². The molecule has 0 saturated carbocycles. The summed E-state index contributed by atoms with van der Waals surface area (Å²) in [5.74, 6) is 0.678. The van der Waals surface area contributed by atoms with Crippen molar-refractivity contribution in [3.8, 4) is 5.75 Å². The van der Waals surface area contributed by atoms with Crippen LogP contribution < -0.4 is 15.8 Å². The van der Waals surface area contributed by atoms with Gasteiger partial charge in [0.15, 0.2) is 0 Å². The standard InChI is InChI=1S/C16H18Cl2N2O/c1-3-21-15-6-4-5-14(16(15)19)20-10(2)12-8-7-11(17)9-13(12)18/h4-10,20H,3,19H2,1-2H3. The van der Waals surface area contributed by atoms with Gasteiger partial charge >= 0.3 is 0 Å². The molecule has 1 atom stereocenters. The predicted octanol–water partition coefficient (Wildman–Crippen LogP) is 5.15. The van der Waals surface area contributed by atoms with Gasteiger partial charge in [-0.25, -0.2) is 0 Å². The van der Waals surface area contributed by atoms with Gasteiger partial charge in [-0.3, -0.25) is 0 Å². The van der Waals surface area contributed by atoms with Crippen molar-refractivity contribution in [1.29, 1.82) is 0 Å². The summed E-state index contributed by atoms with van der Waals surface area (Å²) < 4.78 is 5.50. The van der Waals surface area contributed by atoms with E-state index in [0.29, 0.717) is 28.1 Å². The molecule has 0 amide bonds. The third-order valence-corrected chi connectivity index (χ3v) is 3.73. The molecule has 0 aromatic heterocycles. The number of nitrogen functional groups attached to an aromatic ring is 1. The van der Waals surface area contributed by atoms with Crippen LogP contribution in [0.1, 0.15) is 25.5 Å². The van der Waals surface area contributed by atoms with E-state index in [0.717, 1.165) is 11.3 Å². The minimum atomic E-state index is -0.00561. The Morgan fingerprint density at radius 3 is 2.67 bits per heavy atom. The van der Waals surface area contributed by atoms with Crippen LogP contribution in [0.2, 0.25) is 10.0 Å². The number of hydrogen-bond acceptors (Lipinski definition) is 3. The summed E-state index contributed by atoms with van der Waals surface area (Å²) in [4.78, 5) is 0. The lowest BCUT2D eigenvalue weighted by Crippen LogP contribution is -2.09. The maximum atomic E-state index is 6.23. The van der Waals surface area contributed by atoms with E-state index in [4.69, 9.17) is 33.7 Å². The van der Waals surface area contributed by atoms with Crippen molar-refractivity contribution in [1.82, 2.24) is 0 Å². The molecule has 1 unspecified atom stereocenters. The van der Waals surface area contributed by atoms with Gasteiger partial charge < -0.3 is 15.8 Å². The van der Waals surface area contributed by atoms with Crippen LogP contribution in [0.15, 0.2) is 36.4 Å². The van der Waals surface area contributed by atoms with Crippen LogP contribution in [0.25, 0.3) is 0 Å². The average molecular weight is 325 g/mol. The SMILES string of the molecule is CCOc1cccc(NC(C)c2ccc(Cl)cc2Cl)c1N. The first kappa shape index (κ1) is 15.8. The summed E-state index contributed by atoms with van der Waals surface area (Å²) in [6, 6.07) is 11.1.